The highest BCUT2D eigenvalue weighted by molar-refractivity contribution is 8.00. The monoisotopic (exact) mass is 406 g/mol. The van der Waals surface area contributed by atoms with Crippen molar-refractivity contribution < 1.29 is 4.79 Å². The van der Waals surface area contributed by atoms with Crippen LogP contribution in [0.1, 0.15) is 23.2 Å². The Hall–Kier alpha value is -2.31. The molecule has 3 aromatic rings. The minimum Gasteiger partial charge on any atom is -0.339 e. The molecule has 1 aliphatic carbocycles. The van der Waals surface area contributed by atoms with Gasteiger partial charge in [-0.25, -0.2) is 4.98 Å². The molecule has 0 N–H and O–H groups in total. The number of hydrogen-bond donors (Lipinski definition) is 0. The highest BCUT2D eigenvalue weighted by Gasteiger charge is 2.22. The van der Waals surface area contributed by atoms with Gasteiger partial charge < -0.3 is 9.30 Å². The van der Waals surface area contributed by atoms with Crippen LogP contribution in [-0.2, 0) is 24.2 Å². The Bertz CT molecular complexity index is 990. The number of fused-ring (bicyclic) bond motifs is 2. The van der Waals surface area contributed by atoms with E-state index < -0.39 is 0 Å². The lowest BCUT2D eigenvalue weighted by molar-refractivity contribution is -0.130. The molecule has 1 aromatic carbocycles. The molecule has 1 aliphatic heterocycles. The molecule has 0 atom stereocenters. The molecular formula is C23H26N4OS. The largest absolute Gasteiger partial charge is 0.339 e. The van der Waals surface area contributed by atoms with Gasteiger partial charge in [0.05, 0.1) is 11.4 Å². The van der Waals surface area contributed by atoms with Crippen molar-refractivity contribution in [3.05, 3.63) is 65.6 Å². The van der Waals surface area contributed by atoms with E-state index >= 15 is 0 Å². The number of carbonyl (C=O) groups excluding carboxylic acids is 1. The second kappa shape index (κ2) is 8.20. The van der Waals surface area contributed by atoms with E-state index in [9.17, 15) is 4.79 Å². The van der Waals surface area contributed by atoms with E-state index in [1.807, 2.05) is 29.3 Å². The van der Waals surface area contributed by atoms with E-state index in [4.69, 9.17) is 0 Å². The average molecular weight is 407 g/mol. The van der Waals surface area contributed by atoms with Gasteiger partial charge in [0.15, 0.2) is 0 Å². The summed E-state index contributed by atoms with van der Waals surface area (Å²) in [7, 11) is 0. The number of imidazole rings is 1. The normalized spacial score (nSPS) is 17.0. The molecule has 1 fully saturated rings. The molecule has 0 unspecified atom stereocenters. The molecule has 3 heterocycles. The number of aromatic nitrogens is 2. The standard InChI is InChI=1S/C23H26N4OS/c28-23(17-29-21-8-7-18-4-3-5-19(18)14-21)26-12-10-25(11-13-26)15-20-16-27-9-2-1-6-22(27)24-20/h1-2,6-9,14,16H,3-5,10-13,15,17H2. The van der Waals surface area contributed by atoms with E-state index in [0.29, 0.717) is 5.75 Å². The van der Waals surface area contributed by atoms with Crippen molar-refractivity contribution in [2.75, 3.05) is 31.9 Å². The summed E-state index contributed by atoms with van der Waals surface area (Å²) < 4.78 is 2.06. The molecule has 0 saturated carbocycles. The van der Waals surface area contributed by atoms with Crippen molar-refractivity contribution in [3.63, 3.8) is 0 Å². The van der Waals surface area contributed by atoms with Crippen molar-refractivity contribution in [2.24, 2.45) is 0 Å². The fourth-order valence-electron chi connectivity index (χ4n) is 4.32. The molecule has 2 aromatic heterocycles. The lowest BCUT2D eigenvalue weighted by atomic mass is 10.1. The molecule has 29 heavy (non-hydrogen) atoms. The Labute approximate surface area is 175 Å². The number of nitrogens with zero attached hydrogens (tertiary/aromatic N) is 4. The zero-order chi connectivity index (χ0) is 19.6. The van der Waals surface area contributed by atoms with Crippen molar-refractivity contribution in [3.8, 4) is 0 Å². The number of thioether (sulfide) groups is 1. The zero-order valence-corrected chi connectivity index (χ0v) is 17.4. The Morgan fingerprint density at radius 3 is 2.76 bits per heavy atom. The van der Waals surface area contributed by atoms with Crippen LogP contribution < -0.4 is 0 Å². The highest BCUT2D eigenvalue weighted by atomic mass is 32.2. The van der Waals surface area contributed by atoms with E-state index in [1.165, 1.54) is 35.3 Å². The topological polar surface area (TPSA) is 40.9 Å². The van der Waals surface area contributed by atoms with Gasteiger partial charge >= 0.3 is 0 Å². The van der Waals surface area contributed by atoms with Crippen molar-refractivity contribution in [1.82, 2.24) is 19.2 Å². The fourth-order valence-corrected chi connectivity index (χ4v) is 5.18. The lowest BCUT2D eigenvalue weighted by Gasteiger charge is -2.34. The van der Waals surface area contributed by atoms with Gasteiger partial charge in [0.25, 0.3) is 0 Å². The van der Waals surface area contributed by atoms with Crippen LogP contribution in [0.25, 0.3) is 5.65 Å². The number of piperazine rings is 1. The van der Waals surface area contributed by atoms with Gasteiger partial charge in [0.1, 0.15) is 5.65 Å². The number of rotatable bonds is 5. The van der Waals surface area contributed by atoms with Gasteiger partial charge in [-0.1, -0.05) is 12.1 Å². The summed E-state index contributed by atoms with van der Waals surface area (Å²) in [4.78, 5) is 23.0. The number of hydrogen-bond acceptors (Lipinski definition) is 4. The maximum absolute atomic E-state index is 12.7. The fraction of sp³-hybridized carbons (Fsp3) is 0.391. The van der Waals surface area contributed by atoms with Crippen molar-refractivity contribution >= 4 is 23.3 Å². The molecule has 150 valence electrons. The first-order chi connectivity index (χ1) is 14.2. The number of aryl methyl sites for hydroxylation is 2. The molecule has 1 saturated heterocycles. The highest BCUT2D eigenvalue weighted by Crippen LogP contribution is 2.27. The lowest BCUT2D eigenvalue weighted by Crippen LogP contribution is -2.48. The van der Waals surface area contributed by atoms with Gasteiger partial charge in [-0.15, -0.1) is 11.8 Å². The van der Waals surface area contributed by atoms with E-state index in [0.717, 1.165) is 44.1 Å². The predicted molar refractivity (Wildman–Crippen MR) is 116 cm³/mol. The Morgan fingerprint density at radius 1 is 1.03 bits per heavy atom. The summed E-state index contributed by atoms with van der Waals surface area (Å²) in [6, 6.07) is 12.8. The smallest absolute Gasteiger partial charge is 0.233 e. The number of pyridine rings is 1. The molecule has 2 aliphatic rings. The van der Waals surface area contributed by atoms with Crippen LogP contribution in [0.15, 0.2) is 53.7 Å². The predicted octanol–water partition coefficient (Wildman–Crippen LogP) is 3.26. The van der Waals surface area contributed by atoms with E-state index in [-0.39, 0.29) is 5.91 Å². The van der Waals surface area contributed by atoms with Gasteiger partial charge in [0, 0.05) is 50.0 Å². The zero-order valence-electron chi connectivity index (χ0n) is 16.6. The maximum atomic E-state index is 12.7. The minimum atomic E-state index is 0.253. The average Bonchev–Trinajstić information content (AvgIpc) is 3.38. The first-order valence-corrected chi connectivity index (χ1v) is 11.4. The molecular weight excluding hydrogens is 380 g/mol. The van der Waals surface area contributed by atoms with Crippen LogP contribution in [0.4, 0.5) is 0 Å². The minimum absolute atomic E-state index is 0.253. The quantitative estimate of drug-likeness (QED) is 0.610. The van der Waals surface area contributed by atoms with Crippen LogP contribution in [0.3, 0.4) is 0 Å². The Morgan fingerprint density at radius 2 is 1.90 bits per heavy atom. The van der Waals surface area contributed by atoms with Crippen LogP contribution in [0.2, 0.25) is 0 Å². The third kappa shape index (κ3) is 4.19. The Kier molecular flexibility index (Phi) is 5.29. The molecule has 5 nitrogen and oxygen atoms in total. The molecule has 0 radical (unpaired) electrons. The van der Waals surface area contributed by atoms with Gasteiger partial charge in [-0.2, -0.15) is 0 Å². The first kappa shape index (κ1) is 18.7. The third-order valence-corrected chi connectivity index (χ3v) is 6.94. The number of carbonyl (C=O) groups is 1. The summed E-state index contributed by atoms with van der Waals surface area (Å²) in [5, 5.41) is 0. The van der Waals surface area contributed by atoms with Crippen LogP contribution in [0, 0.1) is 0 Å². The molecule has 5 rings (SSSR count). The summed E-state index contributed by atoms with van der Waals surface area (Å²) >= 11 is 1.68. The molecule has 6 heteroatoms. The van der Waals surface area contributed by atoms with Crippen molar-refractivity contribution in [1.29, 1.82) is 0 Å². The summed E-state index contributed by atoms with van der Waals surface area (Å²) in [6.45, 7) is 4.26. The first-order valence-electron chi connectivity index (χ1n) is 10.4. The molecule has 0 bridgehead atoms. The number of amides is 1. The summed E-state index contributed by atoms with van der Waals surface area (Å²) in [5.41, 5.74) is 5.04. The van der Waals surface area contributed by atoms with Crippen LogP contribution in [0.5, 0.6) is 0 Å². The van der Waals surface area contributed by atoms with Gasteiger partial charge in [-0.05, 0) is 54.7 Å². The van der Waals surface area contributed by atoms with E-state index in [2.05, 4.69) is 38.7 Å². The Balaban J connectivity index is 1.11. The summed E-state index contributed by atoms with van der Waals surface area (Å²) in [6.07, 6.45) is 7.78. The SMILES string of the molecule is O=C(CSc1ccc2c(c1)CCC2)N1CCN(Cc2cn3ccccc3n2)CC1. The maximum Gasteiger partial charge on any atom is 0.233 e. The van der Waals surface area contributed by atoms with Gasteiger partial charge in [-0.3, -0.25) is 9.69 Å². The van der Waals surface area contributed by atoms with E-state index in [1.54, 1.807) is 11.8 Å². The second-order valence-corrected chi connectivity index (χ2v) is 8.98. The number of benzene rings is 1. The van der Waals surface area contributed by atoms with Crippen LogP contribution >= 0.6 is 11.8 Å². The third-order valence-electron chi connectivity index (χ3n) is 5.96. The van der Waals surface area contributed by atoms with Crippen LogP contribution in [-0.4, -0.2) is 57.0 Å². The molecule has 1 amide bonds. The molecule has 0 spiro atoms. The van der Waals surface area contributed by atoms with Crippen molar-refractivity contribution in [2.45, 2.75) is 30.7 Å². The second-order valence-electron chi connectivity index (χ2n) is 7.93. The van der Waals surface area contributed by atoms with Gasteiger partial charge in [0.2, 0.25) is 5.91 Å². The summed E-state index contributed by atoms with van der Waals surface area (Å²) in [5.74, 6) is 0.786.